The molecule has 3 rings (SSSR count). The summed E-state index contributed by atoms with van der Waals surface area (Å²) in [6.07, 6.45) is 0.788. The number of carbonyl (C=O) groups excluding carboxylic acids is 2. The van der Waals surface area contributed by atoms with E-state index in [1.807, 2.05) is 18.2 Å². The van der Waals surface area contributed by atoms with Crippen molar-refractivity contribution in [3.63, 3.8) is 0 Å². The molecule has 0 radical (unpaired) electrons. The first kappa shape index (κ1) is 22.4. The average molecular weight is 427 g/mol. The fraction of sp³-hybridized carbons (Fsp3) is 0.391. The van der Waals surface area contributed by atoms with Gasteiger partial charge in [0.25, 0.3) is 0 Å². The van der Waals surface area contributed by atoms with Crippen LogP contribution < -0.4 is 25.0 Å². The predicted molar refractivity (Wildman–Crippen MR) is 121 cm³/mol. The van der Waals surface area contributed by atoms with Gasteiger partial charge in [-0.05, 0) is 49.4 Å². The Hall–Kier alpha value is -3.26. The maximum absolute atomic E-state index is 12.0. The van der Waals surface area contributed by atoms with Gasteiger partial charge in [-0.25, -0.2) is 0 Å². The molecule has 0 aromatic heterocycles. The smallest absolute Gasteiger partial charge is 0.313 e. The number of anilines is 2. The Morgan fingerprint density at radius 2 is 1.61 bits per heavy atom. The molecule has 1 aliphatic heterocycles. The van der Waals surface area contributed by atoms with Crippen LogP contribution in [-0.2, 0) is 9.59 Å². The molecule has 0 atom stereocenters. The minimum Gasteiger partial charge on any atom is -0.497 e. The molecule has 0 spiro atoms. The topological polar surface area (TPSA) is 83.1 Å². The molecule has 0 aliphatic carbocycles. The molecule has 0 bridgehead atoms. The lowest BCUT2D eigenvalue weighted by atomic mass is 10.2. The second kappa shape index (κ2) is 11.2. The molecule has 8 nitrogen and oxygen atoms in total. The lowest BCUT2D eigenvalue weighted by Crippen LogP contribution is -2.47. The number of hydrogen-bond acceptors (Lipinski definition) is 6. The summed E-state index contributed by atoms with van der Waals surface area (Å²) in [6, 6.07) is 14.9. The highest BCUT2D eigenvalue weighted by atomic mass is 16.5. The van der Waals surface area contributed by atoms with Gasteiger partial charge >= 0.3 is 11.8 Å². The Kier molecular flexibility index (Phi) is 8.12. The number of hydrogen-bond donors (Lipinski definition) is 2. The van der Waals surface area contributed by atoms with E-state index in [0.29, 0.717) is 18.0 Å². The largest absolute Gasteiger partial charge is 0.497 e. The summed E-state index contributed by atoms with van der Waals surface area (Å²) >= 11 is 0. The Morgan fingerprint density at radius 3 is 2.29 bits per heavy atom. The first-order chi connectivity index (χ1) is 15.1. The molecule has 8 heteroatoms. The molecule has 2 aromatic rings. The van der Waals surface area contributed by atoms with E-state index in [9.17, 15) is 9.59 Å². The normalized spacial score (nSPS) is 14.1. The summed E-state index contributed by atoms with van der Waals surface area (Å²) < 4.78 is 10.5. The van der Waals surface area contributed by atoms with Crippen molar-refractivity contribution in [1.29, 1.82) is 0 Å². The maximum atomic E-state index is 12.0. The van der Waals surface area contributed by atoms with Crippen molar-refractivity contribution >= 4 is 23.2 Å². The molecule has 166 valence electrons. The van der Waals surface area contributed by atoms with E-state index >= 15 is 0 Å². The van der Waals surface area contributed by atoms with E-state index in [1.54, 1.807) is 38.5 Å². The van der Waals surface area contributed by atoms with E-state index in [1.165, 1.54) is 0 Å². The van der Waals surface area contributed by atoms with E-state index in [2.05, 4.69) is 26.5 Å². The summed E-state index contributed by atoms with van der Waals surface area (Å²) in [5, 5.41) is 5.27. The Bertz CT molecular complexity index is 864. The molecule has 0 saturated carbocycles. The third kappa shape index (κ3) is 6.36. The standard InChI is InChI=1S/C23H30N4O4/c1-30-19-10-8-18(9-11-19)25-23(29)22(28)24-12-5-13-26-14-16-27(17-15-26)20-6-3-4-7-21(20)31-2/h3-4,6-11H,5,12-17H2,1-2H3,(H,24,28)(H,25,29). The van der Waals surface area contributed by atoms with Gasteiger partial charge in [-0.3, -0.25) is 14.5 Å². The number of piperazine rings is 1. The highest BCUT2D eigenvalue weighted by molar-refractivity contribution is 6.39. The monoisotopic (exact) mass is 426 g/mol. The summed E-state index contributed by atoms with van der Waals surface area (Å²) in [6.45, 7) is 5.09. The fourth-order valence-electron chi connectivity index (χ4n) is 3.55. The lowest BCUT2D eigenvalue weighted by molar-refractivity contribution is -0.136. The van der Waals surface area contributed by atoms with Crippen LogP contribution in [-0.4, -0.2) is 70.2 Å². The van der Waals surface area contributed by atoms with E-state index in [-0.39, 0.29) is 0 Å². The molecule has 1 saturated heterocycles. The van der Waals surface area contributed by atoms with Gasteiger partial charge < -0.3 is 25.0 Å². The summed E-state index contributed by atoms with van der Waals surface area (Å²) in [7, 11) is 3.27. The zero-order chi connectivity index (χ0) is 22.1. The first-order valence-corrected chi connectivity index (χ1v) is 10.4. The third-order valence-electron chi connectivity index (χ3n) is 5.29. The van der Waals surface area contributed by atoms with Gasteiger partial charge in [0.05, 0.1) is 19.9 Å². The van der Waals surface area contributed by atoms with Crippen molar-refractivity contribution in [2.75, 3.05) is 63.7 Å². The zero-order valence-electron chi connectivity index (χ0n) is 18.1. The molecule has 1 aliphatic rings. The van der Waals surface area contributed by atoms with Crippen LogP contribution in [0.1, 0.15) is 6.42 Å². The van der Waals surface area contributed by atoms with E-state index in [0.717, 1.165) is 50.6 Å². The fourth-order valence-corrected chi connectivity index (χ4v) is 3.55. The van der Waals surface area contributed by atoms with Gasteiger partial charge in [-0.1, -0.05) is 12.1 Å². The number of nitrogens with one attached hydrogen (secondary N) is 2. The van der Waals surface area contributed by atoms with Crippen LogP contribution in [0.3, 0.4) is 0 Å². The maximum Gasteiger partial charge on any atom is 0.313 e. The van der Waals surface area contributed by atoms with Crippen molar-refractivity contribution in [3.05, 3.63) is 48.5 Å². The minimum absolute atomic E-state index is 0.460. The van der Waals surface area contributed by atoms with E-state index < -0.39 is 11.8 Å². The number of rotatable bonds is 8. The van der Waals surface area contributed by atoms with Gasteiger partial charge in [0.1, 0.15) is 11.5 Å². The van der Waals surface area contributed by atoms with Crippen LogP contribution in [0.4, 0.5) is 11.4 Å². The molecular formula is C23H30N4O4. The molecule has 2 amide bonds. The number of ether oxygens (including phenoxy) is 2. The number of para-hydroxylation sites is 2. The number of amides is 2. The highest BCUT2D eigenvalue weighted by Crippen LogP contribution is 2.28. The predicted octanol–water partition coefficient (Wildman–Crippen LogP) is 1.97. The summed E-state index contributed by atoms with van der Waals surface area (Å²) in [4.78, 5) is 28.7. The molecule has 1 heterocycles. The van der Waals surface area contributed by atoms with Crippen molar-refractivity contribution in [3.8, 4) is 11.5 Å². The third-order valence-corrected chi connectivity index (χ3v) is 5.29. The van der Waals surface area contributed by atoms with Crippen molar-refractivity contribution in [2.24, 2.45) is 0 Å². The van der Waals surface area contributed by atoms with Crippen LogP contribution >= 0.6 is 0 Å². The quantitative estimate of drug-likeness (QED) is 0.496. The summed E-state index contributed by atoms with van der Waals surface area (Å²) in [5.74, 6) is 0.283. The van der Waals surface area contributed by atoms with Gasteiger partial charge in [0.2, 0.25) is 0 Å². The number of methoxy groups -OCH3 is 2. The molecule has 31 heavy (non-hydrogen) atoms. The highest BCUT2D eigenvalue weighted by Gasteiger charge is 2.19. The second-order valence-corrected chi connectivity index (χ2v) is 7.29. The van der Waals surface area contributed by atoms with Gasteiger partial charge in [-0.15, -0.1) is 0 Å². The van der Waals surface area contributed by atoms with Crippen molar-refractivity contribution in [2.45, 2.75) is 6.42 Å². The molecule has 2 aromatic carbocycles. The molecule has 2 N–H and O–H groups in total. The first-order valence-electron chi connectivity index (χ1n) is 10.4. The van der Waals surface area contributed by atoms with Gasteiger partial charge in [-0.2, -0.15) is 0 Å². The second-order valence-electron chi connectivity index (χ2n) is 7.29. The van der Waals surface area contributed by atoms with Crippen LogP contribution in [0.5, 0.6) is 11.5 Å². The van der Waals surface area contributed by atoms with E-state index in [4.69, 9.17) is 9.47 Å². The molecular weight excluding hydrogens is 396 g/mol. The van der Waals surface area contributed by atoms with Gasteiger partial charge in [0.15, 0.2) is 0 Å². The van der Waals surface area contributed by atoms with Crippen LogP contribution in [0.2, 0.25) is 0 Å². The lowest BCUT2D eigenvalue weighted by Gasteiger charge is -2.36. The van der Waals surface area contributed by atoms with Crippen LogP contribution in [0.25, 0.3) is 0 Å². The number of carbonyl (C=O) groups is 2. The van der Waals surface area contributed by atoms with Gasteiger partial charge in [0, 0.05) is 38.4 Å². The number of benzene rings is 2. The Morgan fingerprint density at radius 1 is 0.903 bits per heavy atom. The number of nitrogens with zero attached hydrogens (tertiary/aromatic N) is 2. The zero-order valence-corrected chi connectivity index (χ0v) is 18.1. The average Bonchev–Trinajstić information content (AvgIpc) is 2.82. The SMILES string of the molecule is COc1ccc(NC(=O)C(=O)NCCCN2CCN(c3ccccc3OC)CC2)cc1. The summed E-state index contributed by atoms with van der Waals surface area (Å²) in [5.41, 5.74) is 1.67. The Balaban J connectivity index is 1.33. The van der Waals surface area contributed by atoms with Crippen LogP contribution in [0.15, 0.2) is 48.5 Å². The van der Waals surface area contributed by atoms with Crippen LogP contribution in [0, 0.1) is 0 Å². The van der Waals surface area contributed by atoms with Crippen molar-refractivity contribution < 1.29 is 19.1 Å². The molecule has 0 unspecified atom stereocenters. The minimum atomic E-state index is -0.671. The molecule has 1 fully saturated rings. The van der Waals surface area contributed by atoms with Crippen molar-refractivity contribution in [1.82, 2.24) is 10.2 Å². The Labute approximate surface area is 183 Å².